The lowest BCUT2D eigenvalue weighted by Crippen LogP contribution is -2.27. The van der Waals surface area contributed by atoms with Crippen LogP contribution in [0.15, 0.2) is 18.2 Å². The van der Waals surface area contributed by atoms with Crippen LogP contribution >= 0.6 is 0 Å². The summed E-state index contributed by atoms with van der Waals surface area (Å²) in [7, 11) is 0. The molecule has 0 spiro atoms. The molecule has 0 radical (unpaired) electrons. The first-order chi connectivity index (χ1) is 8.44. The van der Waals surface area contributed by atoms with Gasteiger partial charge in [0.05, 0.1) is 18.3 Å². The van der Waals surface area contributed by atoms with Crippen LogP contribution in [-0.2, 0) is 24.0 Å². The van der Waals surface area contributed by atoms with Gasteiger partial charge in [-0.2, -0.15) is 0 Å². The van der Waals surface area contributed by atoms with Gasteiger partial charge in [-0.15, -0.1) is 0 Å². The first kappa shape index (κ1) is 13.6. The quantitative estimate of drug-likeness (QED) is 0.888. The monoisotopic (exact) mass is 248 g/mol. The number of hydrogen-bond donors (Lipinski definition) is 1. The Hall–Kier alpha value is -0.860. The second kappa shape index (κ2) is 5.41. The lowest BCUT2D eigenvalue weighted by atomic mass is 10.0. The van der Waals surface area contributed by atoms with E-state index in [9.17, 15) is 5.11 Å². The summed E-state index contributed by atoms with van der Waals surface area (Å²) in [6, 6.07) is 6.61. The molecule has 1 aromatic rings. The molecule has 0 aromatic heterocycles. The summed E-state index contributed by atoms with van der Waals surface area (Å²) < 4.78 is 5.61. The summed E-state index contributed by atoms with van der Waals surface area (Å²) in [5, 5.41) is 9.99. The zero-order chi connectivity index (χ0) is 13.2. The Morgan fingerprint density at radius 1 is 1.22 bits per heavy atom. The summed E-state index contributed by atoms with van der Waals surface area (Å²) >= 11 is 0. The molecule has 1 atom stereocenters. The van der Waals surface area contributed by atoms with E-state index >= 15 is 0 Å². The molecule has 2 rings (SSSR count). The number of aliphatic hydroxyl groups excluding tert-OH is 1. The van der Waals surface area contributed by atoms with Crippen molar-refractivity contribution in [1.29, 1.82) is 0 Å². The summed E-state index contributed by atoms with van der Waals surface area (Å²) in [4.78, 5) is 0. The fraction of sp³-hybridized carbons (Fsp3) is 0.625. The van der Waals surface area contributed by atoms with Crippen LogP contribution in [0.3, 0.4) is 0 Å². The van der Waals surface area contributed by atoms with E-state index in [0.29, 0.717) is 13.0 Å². The zero-order valence-electron chi connectivity index (χ0n) is 11.7. The smallest absolute Gasteiger partial charge is 0.0814 e. The van der Waals surface area contributed by atoms with Crippen LogP contribution in [0.25, 0.3) is 0 Å². The van der Waals surface area contributed by atoms with Gasteiger partial charge in [0, 0.05) is 6.42 Å². The van der Waals surface area contributed by atoms with E-state index in [1.54, 1.807) is 0 Å². The lowest BCUT2D eigenvalue weighted by molar-refractivity contribution is -0.0482. The van der Waals surface area contributed by atoms with E-state index in [-0.39, 0.29) is 5.60 Å². The Kier molecular flexibility index (Phi) is 4.08. The minimum absolute atomic E-state index is 0.182. The van der Waals surface area contributed by atoms with Gasteiger partial charge in [0.2, 0.25) is 0 Å². The van der Waals surface area contributed by atoms with Crippen LogP contribution in [-0.4, -0.2) is 23.4 Å². The number of fused-ring (bicyclic) bond motifs is 1. The molecule has 2 nitrogen and oxygen atoms in total. The third kappa shape index (κ3) is 3.82. The van der Waals surface area contributed by atoms with Gasteiger partial charge < -0.3 is 9.84 Å². The van der Waals surface area contributed by atoms with Crippen molar-refractivity contribution in [3.63, 3.8) is 0 Å². The number of hydrogen-bond acceptors (Lipinski definition) is 2. The Balaban J connectivity index is 1.89. The van der Waals surface area contributed by atoms with Crippen LogP contribution in [0.1, 0.15) is 43.9 Å². The Morgan fingerprint density at radius 2 is 1.94 bits per heavy atom. The van der Waals surface area contributed by atoms with Crippen LogP contribution in [0.2, 0.25) is 0 Å². The molecule has 1 aliphatic carbocycles. The summed E-state index contributed by atoms with van der Waals surface area (Å²) in [6.45, 7) is 6.43. The van der Waals surface area contributed by atoms with Crippen molar-refractivity contribution < 1.29 is 9.84 Å². The molecule has 0 saturated carbocycles. The highest BCUT2D eigenvalue weighted by atomic mass is 16.5. The molecule has 18 heavy (non-hydrogen) atoms. The van der Waals surface area contributed by atoms with Crippen LogP contribution in [0.4, 0.5) is 0 Å². The number of aliphatic hydroxyl groups is 1. The largest absolute Gasteiger partial charge is 0.390 e. The number of benzene rings is 1. The average molecular weight is 248 g/mol. The summed E-state index contributed by atoms with van der Waals surface area (Å²) in [5.41, 5.74) is 4.00. The number of rotatable bonds is 4. The molecule has 1 aromatic carbocycles. The van der Waals surface area contributed by atoms with Crippen molar-refractivity contribution in [2.24, 2.45) is 0 Å². The van der Waals surface area contributed by atoms with E-state index in [4.69, 9.17) is 4.74 Å². The highest BCUT2D eigenvalue weighted by Crippen LogP contribution is 2.23. The van der Waals surface area contributed by atoms with E-state index in [0.717, 1.165) is 0 Å². The zero-order valence-corrected chi connectivity index (χ0v) is 11.7. The Bertz CT molecular complexity index is 404. The van der Waals surface area contributed by atoms with E-state index in [2.05, 4.69) is 18.2 Å². The Morgan fingerprint density at radius 3 is 2.67 bits per heavy atom. The maximum atomic E-state index is 9.99. The van der Waals surface area contributed by atoms with Crippen LogP contribution < -0.4 is 0 Å². The highest BCUT2D eigenvalue weighted by Gasteiger charge is 2.15. The van der Waals surface area contributed by atoms with Crippen LogP contribution in [0.5, 0.6) is 0 Å². The predicted octanol–water partition coefficient (Wildman–Crippen LogP) is 2.89. The molecule has 0 aliphatic heterocycles. The number of ether oxygens (including phenoxy) is 1. The third-order valence-electron chi connectivity index (χ3n) is 3.34. The Labute approximate surface area is 110 Å². The van der Waals surface area contributed by atoms with Gasteiger partial charge >= 0.3 is 0 Å². The molecule has 0 saturated heterocycles. The van der Waals surface area contributed by atoms with Crippen LogP contribution in [0, 0.1) is 0 Å². The lowest BCUT2D eigenvalue weighted by Gasteiger charge is -2.22. The van der Waals surface area contributed by atoms with Crippen molar-refractivity contribution in [2.75, 3.05) is 6.61 Å². The van der Waals surface area contributed by atoms with Crippen molar-refractivity contribution in [3.8, 4) is 0 Å². The SMILES string of the molecule is CC(C)(C)OCC(O)Cc1ccc2c(c1)CCC2. The van der Waals surface area contributed by atoms with Crippen molar-refractivity contribution >= 4 is 0 Å². The molecule has 0 fully saturated rings. The molecule has 100 valence electrons. The molecule has 0 amide bonds. The predicted molar refractivity (Wildman–Crippen MR) is 73.9 cm³/mol. The normalized spacial score (nSPS) is 16.7. The molecule has 1 unspecified atom stereocenters. The first-order valence-electron chi connectivity index (χ1n) is 6.87. The first-order valence-corrected chi connectivity index (χ1v) is 6.87. The van der Waals surface area contributed by atoms with Gasteiger partial charge in [0.1, 0.15) is 0 Å². The second-order valence-electron chi connectivity index (χ2n) is 6.24. The summed E-state index contributed by atoms with van der Waals surface area (Å²) in [5.74, 6) is 0. The van der Waals surface area contributed by atoms with Crippen molar-refractivity contribution in [1.82, 2.24) is 0 Å². The fourth-order valence-electron chi connectivity index (χ4n) is 2.43. The number of aryl methyl sites for hydroxylation is 2. The minimum atomic E-state index is -0.413. The third-order valence-corrected chi connectivity index (χ3v) is 3.34. The topological polar surface area (TPSA) is 29.5 Å². The average Bonchev–Trinajstić information content (AvgIpc) is 2.72. The second-order valence-corrected chi connectivity index (χ2v) is 6.24. The minimum Gasteiger partial charge on any atom is -0.390 e. The van der Waals surface area contributed by atoms with E-state index in [1.165, 1.54) is 36.0 Å². The molecule has 0 bridgehead atoms. The van der Waals surface area contributed by atoms with Gasteiger partial charge in [-0.05, 0) is 56.7 Å². The maximum absolute atomic E-state index is 9.99. The van der Waals surface area contributed by atoms with E-state index in [1.807, 2.05) is 20.8 Å². The highest BCUT2D eigenvalue weighted by molar-refractivity contribution is 5.35. The standard InChI is InChI=1S/C16H24O2/c1-16(2,3)18-11-15(17)10-12-7-8-13-5-4-6-14(13)9-12/h7-9,15,17H,4-6,10-11H2,1-3H3. The molecular weight excluding hydrogens is 224 g/mol. The van der Waals surface area contributed by atoms with Gasteiger partial charge in [0.25, 0.3) is 0 Å². The van der Waals surface area contributed by atoms with E-state index < -0.39 is 6.10 Å². The molecule has 0 heterocycles. The van der Waals surface area contributed by atoms with Crippen molar-refractivity contribution in [2.45, 2.75) is 58.2 Å². The molecule has 1 aliphatic rings. The van der Waals surface area contributed by atoms with Crippen molar-refractivity contribution in [3.05, 3.63) is 34.9 Å². The maximum Gasteiger partial charge on any atom is 0.0814 e. The summed E-state index contributed by atoms with van der Waals surface area (Å²) in [6.07, 6.45) is 3.95. The molecular formula is C16H24O2. The van der Waals surface area contributed by atoms with Gasteiger partial charge in [-0.25, -0.2) is 0 Å². The van der Waals surface area contributed by atoms with Gasteiger partial charge in [0.15, 0.2) is 0 Å². The van der Waals surface area contributed by atoms with Gasteiger partial charge in [-0.1, -0.05) is 18.2 Å². The molecule has 1 N–H and O–H groups in total. The molecule has 2 heteroatoms. The fourth-order valence-corrected chi connectivity index (χ4v) is 2.43. The van der Waals surface area contributed by atoms with Gasteiger partial charge in [-0.3, -0.25) is 0 Å².